The van der Waals surface area contributed by atoms with Crippen molar-refractivity contribution in [2.75, 3.05) is 13.1 Å². The first-order valence-electron chi connectivity index (χ1n) is 14.5. The van der Waals surface area contributed by atoms with Gasteiger partial charge in [-0.1, -0.05) is 134 Å². The molecule has 0 saturated heterocycles. The Morgan fingerprint density at radius 2 is 1.31 bits per heavy atom. The van der Waals surface area contributed by atoms with Gasteiger partial charge in [-0.25, -0.2) is 0 Å². The van der Waals surface area contributed by atoms with Gasteiger partial charge in [-0.15, -0.1) is 0 Å². The molecule has 0 aliphatic rings. The van der Waals surface area contributed by atoms with E-state index in [0.29, 0.717) is 6.29 Å². The van der Waals surface area contributed by atoms with Crippen LogP contribution in [0.2, 0.25) is 0 Å². The van der Waals surface area contributed by atoms with Crippen LogP contribution in [0.15, 0.2) is 35.9 Å². The number of carbonyl (C=O) groups is 2. The number of benzene rings is 1. The van der Waals surface area contributed by atoms with Gasteiger partial charge in [0.05, 0.1) is 12.0 Å². The van der Waals surface area contributed by atoms with Crippen molar-refractivity contribution in [2.24, 2.45) is 11.7 Å². The summed E-state index contributed by atoms with van der Waals surface area (Å²) in [6.07, 6.45) is 22.6. The van der Waals surface area contributed by atoms with Crippen LogP contribution in [0, 0.1) is 5.92 Å². The first kappa shape index (κ1) is 32.0. The second-order valence-corrected chi connectivity index (χ2v) is 10.1. The maximum atomic E-state index is 11.9. The number of aliphatic hydroxyl groups excluding tert-OH is 1. The molecule has 4 N–H and O–H groups in total. The molecule has 1 aromatic carbocycles. The number of aldehydes is 1. The molecule has 0 aromatic heterocycles. The van der Waals surface area contributed by atoms with Crippen LogP contribution in [0.4, 0.5) is 0 Å². The Bertz CT molecular complexity index is 705. The quantitative estimate of drug-likeness (QED) is 0.0849. The molecular formula is C31H52N2O3. The minimum absolute atomic E-state index is 0.132. The maximum Gasteiger partial charge on any atom is 0.245 e. The van der Waals surface area contributed by atoms with Crippen LogP contribution in [-0.2, 0) is 9.59 Å². The molecule has 0 heterocycles. The smallest absolute Gasteiger partial charge is 0.245 e. The van der Waals surface area contributed by atoms with Gasteiger partial charge in [-0.05, 0) is 24.6 Å². The van der Waals surface area contributed by atoms with Crippen LogP contribution in [0.3, 0.4) is 0 Å². The van der Waals surface area contributed by atoms with Crippen LogP contribution in [0.5, 0.6) is 0 Å². The highest BCUT2D eigenvalue weighted by Crippen LogP contribution is 2.18. The van der Waals surface area contributed by atoms with E-state index in [9.17, 15) is 14.7 Å². The summed E-state index contributed by atoms with van der Waals surface area (Å²) < 4.78 is 0. The average Bonchev–Trinajstić information content (AvgIpc) is 2.88. The van der Waals surface area contributed by atoms with Gasteiger partial charge in [-0.2, -0.15) is 0 Å². The predicted octanol–water partition coefficient (Wildman–Crippen LogP) is 6.58. The van der Waals surface area contributed by atoms with E-state index in [1.54, 1.807) is 6.08 Å². The lowest BCUT2D eigenvalue weighted by Gasteiger charge is -2.19. The van der Waals surface area contributed by atoms with E-state index in [0.717, 1.165) is 18.5 Å². The van der Waals surface area contributed by atoms with Gasteiger partial charge in [0, 0.05) is 12.1 Å². The maximum absolute atomic E-state index is 11.9. The zero-order chi connectivity index (χ0) is 26.3. The summed E-state index contributed by atoms with van der Waals surface area (Å²) >= 11 is 0. The van der Waals surface area contributed by atoms with E-state index in [1.165, 1.54) is 96.3 Å². The summed E-state index contributed by atoms with van der Waals surface area (Å²) in [5, 5.41) is 13.7. The molecule has 0 fully saturated rings. The third kappa shape index (κ3) is 15.9. The number of amides is 1. The summed E-state index contributed by atoms with van der Waals surface area (Å²) in [7, 11) is 0. The van der Waals surface area contributed by atoms with Crippen LogP contribution in [0.1, 0.15) is 115 Å². The fraction of sp³-hybridized carbons (Fsp3) is 0.677. The molecule has 0 aliphatic carbocycles. The minimum atomic E-state index is -0.994. The predicted molar refractivity (Wildman–Crippen MR) is 152 cm³/mol. The van der Waals surface area contributed by atoms with E-state index < -0.39 is 17.9 Å². The normalized spacial score (nSPS) is 13.4. The molecule has 0 saturated carbocycles. The van der Waals surface area contributed by atoms with Gasteiger partial charge < -0.3 is 21.0 Å². The topological polar surface area (TPSA) is 92.4 Å². The molecule has 36 heavy (non-hydrogen) atoms. The lowest BCUT2D eigenvalue weighted by molar-refractivity contribution is -0.119. The van der Waals surface area contributed by atoms with Crippen LogP contribution in [0.25, 0.3) is 6.08 Å². The molecule has 0 aliphatic heterocycles. The molecule has 0 bridgehead atoms. The summed E-state index contributed by atoms with van der Waals surface area (Å²) in [5.74, 6) is -1.63. The molecule has 1 amide bonds. The van der Waals surface area contributed by atoms with E-state index in [1.807, 2.05) is 30.3 Å². The second kappa shape index (κ2) is 22.2. The van der Waals surface area contributed by atoms with Crippen molar-refractivity contribution < 1.29 is 14.7 Å². The van der Waals surface area contributed by atoms with Gasteiger partial charge in [0.1, 0.15) is 6.29 Å². The zero-order valence-electron chi connectivity index (χ0n) is 22.8. The average molecular weight is 501 g/mol. The molecule has 5 nitrogen and oxygen atoms in total. The van der Waals surface area contributed by atoms with Crippen molar-refractivity contribution in [3.05, 3.63) is 41.5 Å². The molecule has 0 spiro atoms. The number of hydrogen-bond donors (Lipinski definition) is 3. The molecular weight excluding hydrogens is 448 g/mol. The number of nitrogens with two attached hydrogens (primary N) is 1. The number of primary amides is 1. The summed E-state index contributed by atoms with van der Waals surface area (Å²) in [6, 6.07) is 9.21. The molecule has 1 rings (SSSR count). The van der Waals surface area contributed by atoms with Gasteiger partial charge in [0.2, 0.25) is 5.91 Å². The van der Waals surface area contributed by atoms with Crippen molar-refractivity contribution in [3.8, 4) is 0 Å². The summed E-state index contributed by atoms with van der Waals surface area (Å²) in [4.78, 5) is 23.6. The number of aliphatic hydroxyl groups is 1. The van der Waals surface area contributed by atoms with Gasteiger partial charge >= 0.3 is 0 Å². The lowest BCUT2D eigenvalue weighted by Crippen LogP contribution is -2.37. The van der Waals surface area contributed by atoms with E-state index in [4.69, 9.17) is 5.73 Å². The van der Waals surface area contributed by atoms with Gasteiger partial charge in [0.25, 0.3) is 0 Å². The van der Waals surface area contributed by atoms with Crippen LogP contribution in [-0.4, -0.2) is 36.5 Å². The number of rotatable bonds is 24. The number of unbranched alkanes of at least 4 members (excludes halogenated alkanes) is 15. The Balaban J connectivity index is 2.05. The molecule has 0 radical (unpaired) electrons. The van der Waals surface area contributed by atoms with Crippen molar-refractivity contribution >= 4 is 18.3 Å². The Morgan fingerprint density at radius 3 is 1.75 bits per heavy atom. The largest absolute Gasteiger partial charge is 0.391 e. The van der Waals surface area contributed by atoms with Crippen molar-refractivity contribution in [1.29, 1.82) is 0 Å². The molecule has 2 atom stereocenters. The Morgan fingerprint density at radius 1 is 0.833 bits per heavy atom. The Kier molecular flexibility index (Phi) is 19.8. The molecule has 1 aromatic rings. The fourth-order valence-corrected chi connectivity index (χ4v) is 4.61. The first-order chi connectivity index (χ1) is 17.6. The fourth-order valence-electron chi connectivity index (χ4n) is 4.61. The van der Waals surface area contributed by atoms with Crippen molar-refractivity contribution in [1.82, 2.24) is 5.32 Å². The third-order valence-corrected chi connectivity index (χ3v) is 6.89. The van der Waals surface area contributed by atoms with Crippen LogP contribution >= 0.6 is 0 Å². The van der Waals surface area contributed by atoms with Gasteiger partial charge in [0.15, 0.2) is 0 Å². The SMILES string of the molecule is CCCCCCCCCCCCCCCCCCNC[C@H](O)[C@@H](C=O)C(=Cc1ccccc1)C(N)=O. The van der Waals surface area contributed by atoms with E-state index >= 15 is 0 Å². The monoisotopic (exact) mass is 500 g/mol. The highest BCUT2D eigenvalue weighted by Gasteiger charge is 2.26. The van der Waals surface area contributed by atoms with E-state index in [-0.39, 0.29) is 12.1 Å². The zero-order valence-corrected chi connectivity index (χ0v) is 22.8. The Hall–Kier alpha value is -1.98. The second-order valence-electron chi connectivity index (χ2n) is 10.1. The van der Waals surface area contributed by atoms with Gasteiger partial charge in [-0.3, -0.25) is 4.79 Å². The van der Waals surface area contributed by atoms with Crippen molar-refractivity contribution in [3.63, 3.8) is 0 Å². The summed E-state index contributed by atoms with van der Waals surface area (Å²) in [5.41, 5.74) is 6.40. The first-order valence-corrected chi connectivity index (χ1v) is 14.5. The standard InChI is InChI=1S/C31H52N2O3/c1-2-3-4-5-6-7-8-9-10-11-12-13-14-15-16-20-23-33-25-30(35)29(26-34)28(31(32)36)24-27-21-18-17-19-22-27/h17-19,21-22,24,26,29-30,33,35H,2-16,20,23,25H2,1H3,(H2,32,36)/t29-,30-/m0/s1. The number of hydrogen-bond acceptors (Lipinski definition) is 4. The number of carbonyl (C=O) groups excluding carboxylic acids is 2. The Labute approximate surface area is 220 Å². The minimum Gasteiger partial charge on any atom is -0.391 e. The van der Waals surface area contributed by atoms with Crippen molar-refractivity contribution in [2.45, 2.75) is 116 Å². The third-order valence-electron chi connectivity index (χ3n) is 6.89. The molecule has 5 heteroatoms. The summed E-state index contributed by atoms with van der Waals surface area (Å²) in [6.45, 7) is 3.31. The lowest BCUT2D eigenvalue weighted by atomic mass is 9.92. The van der Waals surface area contributed by atoms with E-state index in [2.05, 4.69) is 12.2 Å². The number of nitrogens with one attached hydrogen (secondary N) is 1. The highest BCUT2D eigenvalue weighted by molar-refractivity contribution is 6.00. The molecule has 204 valence electrons. The molecule has 0 unspecified atom stereocenters. The van der Waals surface area contributed by atoms with Crippen LogP contribution < -0.4 is 11.1 Å². The highest BCUT2D eigenvalue weighted by atomic mass is 16.3.